The second-order valence-corrected chi connectivity index (χ2v) is 9.01. The number of pyridine rings is 1. The van der Waals surface area contributed by atoms with Crippen molar-refractivity contribution < 1.29 is 13.2 Å². The molecule has 2 N–H and O–H groups in total. The van der Waals surface area contributed by atoms with Gasteiger partial charge in [-0.2, -0.15) is 0 Å². The monoisotopic (exact) mass is 362 g/mol. The lowest BCUT2D eigenvalue weighted by Gasteiger charge is -2.18. The lowest BCUT2D eigenvalue weighted by atomic mass is 10.0. The summed E-state index contributed by atoms with van der Waals surface area (Å²) in [6.45, 7) is 2.09. The summed E-state index contributed by atoms with van der Waals surface area (Å²) in [4.78, 5) is 31.1. The molecule has 2 aliphatic heterocycles. The number of nitrogens with two attached hydrogens (primary N) is 1. The topological polar surface area (TPSA) is 115 Å². The van der Waals surface area contributed by atoms with Crippen molar-refractivity contribution in [3.05, 3.63) is 46.0 Å². The van der Waals surface area contributed by atoms with Gasteiger partial charge in [-0.3, -0.25) is 14.0 Å². The van der Waals surface area contributed by atoms with Gasteiger partial charge in [-0.15, -0.1) is 0 Å². The molecule has 2 aliphatic rings. The van der Waals surface area contributed by atoms with Crippen molar-refractivity contribution in [2.75, 3.05) is 18.8 Å². The van der Waals surface area contributed by atoms with E-state index in [1.165, 1.54) is 15.5 Å². The van der Waals surface area contributed by atoms with Crippen LogP contribution in [-0.2, 0) is 9.84 Å². The zero-order valence-corrected chi connectivity index (χ0v) is 14.4. The van der Waals surface area contributed by atoms with E-state index in [9.17, 15) is 18.0 Å². The number of amides is 1. The van der Waals surface area contributed by atoms with E-state index in [4.69, 9.17) is 5.73 Å². The molecule has 3 atom stereocenters. The lowest BCUT2D eigenvalue weighted by Crippen LogP contribution is -2.38. The molecule has 8 nitrogen and oxygen atoms in total. The number of rotatable bonds is 1. The van der Waals surface area contributed by atoms with Crippen molar-refractivity contribution in [1.29, 1.82) is 0 Å². The van der Waals surface area contributed by atoms with Gasteiger partial charge in [-0.25, -0.2) is 13.4 Å². The van der Waals surface area contributed by atoms with Crippen molar-refractivity contribution in [3.63, 3.8) is 0 Å². The first-order valence-electron chi connectivity index (χ1n) is 8.03. The summed E-state index contributed by atoms with van der Waals surface area (Å²) in [6.07, 6.45) is 1.27. The fraction of sp³-hybridized carbons (Fsp3) is 0.438. The number of fused-ring (bicyclic) bond motifs is 2. The summed E-state index contributed by atoms with van der Waals surface area (Å²) >= 11 is 0. The Kier molecular flexibility index (Phi) is 3.48. The number of carbonyl (C=O) groups is 1. The lowest BCUT2D eigenvalue weighted by molar-refractivity contribution is 0.0783. The van der Waals surface area contributed by atoms with Gasteiger partial charge in [0.25, 0.3) is 11.5 Å². The summed E-state index contributed by atoms with van der Waals surface area (Å²) in [6, 6.07) is 4.77. The molecule has 4 rings (SSSR count). The number of likely N-dealkylation sites (tertiary alicyclic amines) is 1. The molecule has 0 aliphatic carbocycles. The molecular weight excluding hydrogens is 344 g/mol. The highest BCUT2D eigenvalue weighted by atomic mass is 32.2. The van der Waals surface area contributed by atoms with Gasteiger partial charge >= 0.3 is 0 Å². The number of aromatic nitrogens is 2. The molecule has 2 aromatic rings. The van der Waals surface area contributed by atoms with Gasteiger partial charge in [-0.1, -0.05) is 6.07 Å². The molecule has 2 fully saturated rings. The van der Waals surface area contributed by atoms with Crippen LogP contribution >= 0.6 is 0 Å². The number of hydrogen-bond donors (Lipinski definition) is 1. The van der Waals surface area contributed by atoms with Crippen molar-refractivity contribution in [1.82, 2.24) is 14.3 Å². The molecule has 0 radical (unpaired) electrons. The minimum absolute atomic E-state index is 0.0380. The molecule has 1 amide bonds. The Labute approximate surface area is 144 Å². The Morgan fingerprint density at radius 1 is 1.32 bits per heavy atom. The van der Waals surface area contributed by atoms with Crippen LogP contribution in [-0.4, -0.2) is 58.7 Å². The van der Waals surface area contributed by atoms with Gasteiger partial charge in [0.1, 0.15) is 11.2 Å². The highest BCUT2D eigenvalue weighted by molar-refractivity contribution is 7.92. The van der Waals surface area contributed by atoms with Crippen LogP contribution in [0.1, 0.15) is 16.1 Å². The second kappa shape index (κ2) is 5.37. The van der Waals surface area contributed by atoms with E-state index >= 15 is 0 Å². The molecule has 132 valence electrons. The second-order valence-electron chi connectivity index (χ2n) is 6.74. The van der Waals surface area contributed by atoms with Crippen LogP contribution in [0.5, 0.6) is 0 Å². The maximum absolute atomic E-state index is 12.8. The minimum Gasteiger partial charge on any atom is -0.337 e. The van der Waals surface area contributed by atoms with Crippen LogP contribution < -0.4 is 11.3 Å². The predicted octanol–water partition coefficient (Wildman–Crippen LogP) is -0.801. The van der Waals surface area contributed by atoms with Gasteiger partial charge in [0.2, 0.25) is 0 Å². The highest BCUT2D eigenvalue weighted by Gasteiger charge is 2.51. The van der Waals surface area contributed by atoms with Gasteiger partial charge < -0.3 is 10.6 Å². The summed E-state index contributed by atoms with van der Waals surface area (Å²) in [5.74, 6) is -0.803. The zero-order chi connectivity index (χ0) is 17.9. The molecule has 25 heavy (non-hydrogen) atoms. The largest absolute Gasteiger partial charge is 0.337 e. The summed E-state index contributed by atoms with van der Waals surface area (Å²) in [5, 5.41) is -0.635. The molecule has 9 heteroatoms. The summed E-state index contributed by atoms with van der Waals surface area (Å²) in [5.41, 5.74) is 6.56. The standard InChI is InChI=1S/C16H18N4O4S/c1-9-3-2-4-14-18-5-10(16(22)20(9)14)15(21)19-6-11-12(17)8-25(23,24)13(11)7-19/h2-5,11-13H,6-8,17H2,1H3/t11-,12+,13-/m0/s1. The normalized spacial score (nSPS) is 27.6. The Bertz CT molecular complexity index is 1050. The van der Waals surface area contributed by atoms with Gasteiger partial charge in [-0.05, 0) is 19.1 Å². The third kappa shape index (κ3) is 2.37. The minimum atomic E-state index is -3.29. The number of hydrogen-bond acceptors (Lipinski definition) is 6. The van der Waals surface area contributed by atoms with E-state index in [0.717, 1.165) is 0 Å². The SMILES string of the molecule is Cc1cccc2ncc(C(=O)N3C[C@H]4[C@H](N)CS(=O)(=O)[C@H]4C3)c(=O)n12. The molecule has 2 saturated heterocycles. The first-order valence-corrected chi connectivity index (χ1v) is 9.75. The van der Waals surface area contributed by atoms with Crippen molar-refractivity contribution in [3.8, 4) is 0 Å². The maximum Gasteiger partial charge on any atom is 0.270 e. The molecule has 0 saturated carbocycles. The van der Waals surface area contributed by atoms with Crippen LogP contribution in [0.4, 0.5) is 0 Å². The Hall–Kier alpha value is -2.26. The third-order valence-electron chi connectivity index (χ3n) is 5.19. The van der Waals surface area contributed by atoms with E-state index in [0.29, 0.717) is 11.3 Å². The molecule has 0 aromatic carbocycles. The van der Waals surface area contributed by atoms with Crippen LogP contribution in [0.15, 0.2) is 29.2 Å². The Balaban J connectivity index is 1.72. The first kappa shape index (κ1) is 16.2. The Morgan fingerprint density at radius 2 is 2.08 bits per heavy atom. The number of aryl methyl sites for hydroxylation is 1. The van der Waals surface area contributed by atoms with Crippen LogP contribution in [0, 0.1) is 12.8 Å². The van der Waals surface area contributed by atoms with Gasteiger partial charge in [0, 0.05) is 36.9 Å². The van der Waals surface area contributed by atoms with Crippen LogP contribution in [0.25, 0.3) is 5.65 Å². The number of carbonyl (C=O) groups excluding carboxylic acids is 1. The summed E-state index contributed by atoms with van der Waals surface area (Å²) in [7, 11) is -3.29. The smallest absolute Gasteiger partial charge is 0.270 e. The molecule has 0 spiro atoms. The van der Waals surface area contributed by atoms with Gasteiger partial charge in [0.15, 0.2) is 9.84 Å². The molecule has 0 unspecified atom stereocenters. The highest BCUT2D eigenvalue weighted by Crippen LogP contribution is 2.33. The number of nitrogens with zero attached hydrogens (tertiary/aromatic N) is 3. The average Bonchev–Trinajstić information content (AvgIpc) is 3.08. The van der Waals surface area contributed by atoms with Crippen molar-refractivity contribution in [2.24, 2.45) is 11.7 Å². The molecule has 4 heterocycles. The first-order chi connectivity index (χ1) is 11.8. The average molecular weight is 362 g/mol. The predicted molar refractivity (Wildman–Crippen MR) is 91.1 cm³/mol. The van der Waals surface area contributed by atoms with E-state index in [1.807, 2.05) is 0 Å². The van der Waals surface area contributed by atoms with Crippen LogP contribution in [0.2, 0.25) is 0 Å². The fourth-order valence-corrected chi connectivity index (χ4v) is 6.12. The van der Waals surface area contributed by atoms with Crippen LogP contribution in [0.3, 0.4) is 0 Å². The van der Waals surface area contributed by atoms with E-state index in [-0.39, 0.29) is 30.3 Å². The van der Waals surface area contributed by atoms with E-state index < -0.39 is 32.6 Å². The summed E-state index contributed by atoms with van der Waals surface area (Å²) < 4.78 is 25.7. The van der Waals surface area contributed by atoms with Gasteiger partial charge in [0.05, 0.1) is 11.0 Å². The molecular formula is C16H18N4O4S. The Morgan fingerprint density at radius 3 is 2.80 bits per heavy atom. The molecule has 2 aromatic heterocycles. The quantitative estimate of drug-likeness (QED) is 0.710. The fourth-order valence-electron chi connectivity index (χ4n) is 3.86. The van der Waals surface area contributed by atoms with Crippen molar-refractivity contribution >= 4 is 21.4 Å². The molecule has 0 bridgehead atoms. The van der Waals surface area contributed by atoms with E-state index in [1.54, 1.807) is 25.1 Å². The maximum atomic E-state index is 12.8. The zero-order valence-electron chi connectivity index (χ0n) is 13.6. The third-order valence-corrected chi connectivity index (χ3v) is 7.46. The van der Waals surface area contributed by atoms with E-state index in [2.05, 4.69) is 4.98 Å². The van der Waals surface area contributed by atoms with Crippen molar-refractivity contribution in [2.45, 2.75) is 18.2 Å². The number of sulfone groups is 1.